The molecule has 0 saturated heterocycles. The lowest BCUT2D eigenvalue weighted by Gasteiger charge is -2.12. The van der Waals surface area contributed by atoms with E-state index >= 15 is 0 Å². The third-order valence-corrected chi connectivity index (χ3v) is 3.90. The normalized spacial score (nSPS) is 12.1. The lowest BCUT2D eigenvalue weighted by Crippen LogP contribution is -2.00. The topological polar surface area (TPSA) is 55.5 Å². The molecule has 0 aliphatic rings. The van der Waals surface area contributed by atoms with E-state index in [1.54, 1.807) is 24.9 Å². The van der Waals surface area contributed by atoms with Crippen molar-refractivity contribution in [3.05, 3.63) is 54.1 Å². The summed E-state index contributed by atoms with van der Waals surface area (Å²) in [6, 6.07) is 15.2. The number of nitrogens with two attached hydrogens (primary N) is 1. The number of rotatable bonds is 5. The average Bonchev–Trinajstić information content (AvgIpc) is 2.46. The second-order valence-electron chi connectivity index (χ2n) is 4.15. The standard InChI is InChI=1S/C15H17NO2S/c1-18-14-9-12(16)7-8-15(14)19-10-13(17)11-5-3-2-4-6-11/h2-9,13,17H,10,16H2,1H3. The molecule has 0 amide bonds. The highest BCUT2D eigenvalue weighted by Crippen LogP contribution is 2.33. The second-order valence-corrected chi connectivity index (χ2v) is 5.21. The highest BCUT2D eigenvalue weighted by atomic mass is 32.2. The molecule has 0 fully saturated rings. The van der Waals surface area contributed by atoms with Crippen LogP contribution in [0.1, 0.15) is 11.7 Å². The van der Waals surface area contributed by atoms with E-state index in [2.05, 4.69) is 0 Å². The Kier molecular flexibility index (Phi) is 4.71. The molecule has 2 aromatic rings. The highest BCUT2D eigenvalue weighted by molar-refractivity contribution is 7.99. The van der Waals surface area contributed by atoms with Crippen molar-refractivity contribution in [2.75, 3.05) is 18.6 Å². The van der Waals surface area contributed by atoms with E-state index < -0.39 is 6.10 Å². The van der Waals surface area contributed by atoms with Gasteiger partial charge in [0.25, 0.3) is 0 Å². The van der Waals surface area contributed by atoms with Gasteiger partial charge in [0.1, 0.15) is 5.75 Å². The zero-order valence-electron chi connectivity index (χ0n) is 10.7. The van der Waals surface area contributed by atoms with Gasteiger partial charge < -0.3 is 15.6 Å². The number of anilines is 1. The van der Waals surface area contributed by atoms with Gasteiger partial charge >= 0.3 is 0 Å². The van der Waals surface area contributed by atoms with Crippen LogP contribution < -0.4 is 10.5 Å². The summed E-state index contributed by atoms with van der Waals surface area (Å²) in [4.78, 5) is 0.978. The van der Waals surface area contributed by atoms with Crippen LogP contribution in [0.25, 0.3) is 0 Å². The summed E-state index contributed by atoms with van der Waals surface area (Å²) < 4.78 is 5.28. The van der Waals surface area contributed by atoms with Gasteiger partial charge in [0, 0.05) is 22.4 Å². The average molecular weight is 275 g/mol. The van der Waals surface area contributed by atoms with Gasteiger partial charge in [-0.3, -0.25) is 0 Å². The minimum Gasteiger partial charge on any atom is -0.496 e. The first-order valence-electron chi connectivity index (χ1n) is 6.00. The maximum Gasteiger partial charge on any atom is 0.134 e. The van der Waals surface area contributed by atoms with Gasteiger partial charge in [0.05, 0.1) is 13.2 Å². The van der Waals surface area contributed by atoms with Crippen LogP contribution in [0.5, 0.6) is 5.75 Å². The molecule has 2 aromatic carbocycles. The van der Waals surface area contributed by atoms with E-state index in [0.717, 1.165) is 16.2 Å². The quantitative estimate of drug-likeness (QED) is 0.650. The van der Waals surface area contributed by atoms with E-state index in [4.69, 9.17) is 10.5 Å². The van der Waals surface area contributed by atoms with Crippen molar-refractivity contribution in [3.8, 4) is 5.75 Å². The SMILES string of the molecule is COc1cc(N)ccc1SCC(O)c1ccccc1. The van der Waals surface area contributed by atoms with Crippen molar-refractivity contribution in [1.82, 2.24) is 0 Å². The summed E-state index contributed by atoms with van der Waals surface area (Å²) in [6.45, 7) is 0. The van der Waals surface area contributed by atoms with Gasteiger partial charge in [-0.25, -0.2) is 0 Å². The van der Waals surface area contributed by atoms with Crippen LogP contribution in [-0.2, 0) is 0 Å². The number of hydrogen-bond donors (Lipinski definition) is 2. The van der Waals surface area contributed by atoms with Gasteiger partial charge in [-0.15, -0.1) is 11.8 Å². The number of ether oxygens (including phenoxy) is 1. The molecule has 0 aromatic heterocycles. The predicted octanol–water partition coefficient (Wildman–Crippen LogP) is 3.10. The van der Waals surface area contributed by atoms with Crippen molar-refractivity contribution in [2.24, 2.45) is 0 Å². The first-order valence-corrected chi connectivity index (χ1v) is 6.98. The molecular weight excluding hydrogens is 258 g/mol. The summed E-state index contributed by atoms with van der Waals surface area (Å²) >= 11 is 1.55. The Balaban J connectivity index is 2.03. The summed E-state index contributed by atoms with van der Waals surface area (Å²) in [6.07, 6.45) is -0.492. The summed E-state index contributed by atoms with van der Waals surface area (Å²) in [5.41, 5.74) is 7.30. The van der Waals surface area contributed by atoms with Crippen LogP contribution in [0, 0.1) is 0 Å². The summed E-state index contributed by atoms with van der Waals surface area (Å²) in [7, 11) is 1.62. The largest absolute Gasteiger partial charge is 0.496 e. The van der Waals surface area contributed by atoms with Crippen molar-refractivity contribution >= 4 is 17.4 Å². The van der Waals surface area contributed by atoms with Crippen molar-refractivity contribution in [2.45, 2.75) is 11.0 Å². The highest BCUT2D eigenvalue weighted by Gasteiger charge is 2.10. The lowest BCUT2D eigenvalue weighted by molar-refractivity contribution is 0.204. The van der Waals surface area contributed by atoms with Gasteiger partial charge in [-0.2, -0.15) is 0 Å². The van der Waals surface area contributed by atoms with E-state index in [1.165, 1.54) is 0 Å². The second kappa shape index (κ2) is 6.50. The van der Waals surface area contributed by atoms with E-state index in [1.807, 2.05) is 42.5 Å². The van der Waals surface area contributed by atoms with E-state index in [9.17, 15) is 5.11 Å². The number of aliphatic hydroxyl groups excluding tert-OH is 1. The maximum atomic E-state index is 10.1. The van der Waals surface area contributed by atoms with Crippen LogP contribution in [0.4, 0.5) is 5.69 Å². The zero-order valence-corrected chi connectivity index (χ0v) is 11.6. The maximum absolute atomic E-state index is 10.1. The first kappa shape index (κ1) is 13.8. The van der Waals surface area contributed by atoms with Crippen LogP contribution in [0.15, 0.2) is 53.4 Å². The molecule has 0 radical (unpaired) electrons. The molecule has 0 aliphatic carbocycles. The third-order valence-electron chi connectivity index (χ3n) is 2.77. The Labute approximate surface area is 117 Å². The molecule has 0 aliphatic heterocycles. The predicted molar refractivity (Wildman–Crippen MR) is 79.5 cm³/mol. The van der Waals surface area contributed by atoms with Gasteiger partial charge in [0.2, 0.25) is 0 Å². The smallest absolute Gasteiger partial charge is 0.134 e. The van der Waals surface area contributed by atoms with Gasteiger partial charge in [-0.05, 0) is 17.7 Å². The first-order chi connectivity index (χ1) is 9.20. The Bertz CT molecular complexity index is 531. The van der Waals surface area contributed by atoms with Gasteiger partial charge in [0.15, 0.2) is 0 Å². The molecule has 0 bridgehead atoms. The Morgan fingerprint density at radius 1 is 1.21 bits per heavy atom. The molecule has 0 spiro atoms. The molecule has 3 N–H and O–H groups in total. The Hall–Kier alpha value is -1.65. The molecule has 19 heavy (non-hydrogen) atoms. The number of methoxy groups -OCH3 is 1. The number of aliphatic hydroxyl groups is 1. The summed E-state index contributed by atoms with van der Waals surface area (Å²) in [5, 5.41) is 10.1. The molecular formula is C15H17NO2S. The Morgan fingerprint density at radius 2 is 1.95 bits per heavy atom. The molecule has 0 heterocycles. The minimum atomic E-state index is -0.492. The number of thioether (sulfide) groups is 1. The number of hydrogen-bond acceptors (Lipinski definition) is 4. The molecule has 4 heteroatoms. The molecule has 0 saturated carbocycles. The molecule has 100 valence electrons. The number of benzene rings is 2. The Morgan fingerprint density at radius 3 is 2.63 bits per heavy atom. The number of nitrogen functional groups attached to an aromatic ring is 1. The molecule has 1 unspecified atom stereocenters. The summed E-state index contributed by atoms with van der Waals surface area (Å²) in [5.74, 6) is 1.31. The molecule has 1 atom stereocenters. The molecule has 2 rings (SSSR count). The minimum absolute atomic E-state index is 0.492. The lowest BCUT2D eigenvalue weighted by atomic mass is 10.1. The third kappa shape index (κ3) is 3.66. The van der Waals surface area contributed by atoms with Crippen molar-refractivity contribution in [3.63, 3.8) is 0 Å². The van der Waals surface area contributed by atoms with Crippen LogP contribution in [0.2, 0.25) is 0 Å². The van der Waals surface area contributed by atoms with Crippen LogP contribution in [-0.4, -0.2) is 18.0 Å². The van der Waals surface area contributed by atoms with Crippen molar-refractivity contribution < 1.29 is 9.84 Å². The van der Waals surface area contributed by atoms with Crippen LogP contribution >= 0.6 is 11.8 Å². The molecule has 3 nitrogen and oxygen atoms in total. The van der Waals surface area contributed by atoms with Crippen LogP contribution in [0.3, 0.4) is 0 Å². The van der Waals surface area contributed by atoms with E-state index in [0.29, 0.717) is 11.4 Å². The fraction of sp³-hybridized carbons (Fsp3) is 0.200. The van der Waals surface area contributed by atoms with Gasteiger partial charge in [-0.1, -0.05) is 30.3 Å². The fourth-order valence-electron chi connectivity index (χ4n) is 1.74. The fourth-order valence-corrected chi connectivity index (χ4v) is 2.72. The van der Waals surface area contributed by atoms with E-state index in [-0.39, 0.29) is 0 Å². The zero-order chi connectivity index (χ0) is 13.7. The monoisotopic (exact) mass is 275 g/mol. The van der Waals surface area contributed by atoms with Crippen molar-refractivity contribution in [1.29, 1.82) is 0 Å².